The molecule has 0 unspecified atom stereocenters. The highest BCUT2D eigenvalue weighted by atomic mass is 16.5. The van der Waals surface area contributed by atoms with E-state index >= 15 is 0 Å². The Morgan fingerprint density at radius 1 is 1.03 bits per heavy atom. The predicted molar refractivity (Wildman–Crippen MR) is 109 cm³/mol. The van der Waals surface area contributed by atoms with Crippen molar-refractivity contribution in [1.29, 1.82) is 0 Å². The first kappa shape index (κ1) is 18.7. The normalized spacial score (nSPS) is 11.0. The number of aryl methyl sites for hydroxylation is 4. The molecule has 0 amide bonds. The van der Waals surface area contributed by atoms with Crippen molar-refractivity contribution < 1.29 is 4.74 Å². The van der Waals surface area contributed by atoms with Gasteiger partial charge in [0.25, 0.3) is 0 Å². The molecule has 4 aromatic rings. The van der Waals surface area contributed by atoms with Crippen LogP contribution in [-0.4, -0.2) is 29.6 Å². The molecular formula is C21H22N6O2. The van der Waals surface area contributed by atoms with Gasteiger partial charge in [0.2, 0.25) is 0 Å². The minimum atomic E-state index is -0.300. The Morgan fingerprint density at radius 3 is 2.52 bits per heavy atom. The first-order chi connectivity index (χ1) is 13.9. The van der Waals surface area contributed by atoms with Crippen LogP contribution in [0.2, 0.25) is 0 Å². The Morgan fingerprint density at radius 2 is 1.83 bits per heavy atom. The Balaban J connectivity index is 1.64. The van der Waals surface area contributed by atoms with Crippen LogP contribution in [0.5, 0.6) is 5.75 Å². The third-order valence-corrected chi connectivity index (χ3v) is 4.88. The molecule has 8 heteroatoms. The second-order valence-corrected chi connectivity index (χ2v) is 6.99. The van der Waals surface area contributed by atoms with Crippen LogP contribution in [0.3, 0.4) is 0 Å². The summed E-state index contributed by atoms with van der Waals surface area (Å²) in [6.07, 6.45) is 1.99. The minimum absolute atomic E-state index is 0.300. The fourth-order valence-electron chi connectivity index (χ4n) is 3.33. The number of rotatable bonds is 5. The van der Waals surface area contributed by atoms with E-state index in [1.165, 1.54) is 9.36 Å². The molecule has 2 aromatic heterocycles. The van der Waals surface area contributed by atoms with E-state index in [0.717, 1.165) is 33.7 Å². The van der Waals surface area contributed by atoms with E-state index in [0.29, 0.717) is 12.3 Å². The summed E-state index contributed by atoms with van der Waals surface area (Å²) in [7, 11) is 3.48. The van der Waals surface area contributed by atoms with Crippen molar-refractivity contribution in [2.75, 3.05) is 0 Å². The summed E-state index contributed by atoms with van der Waals surface area (Å²) in [6, 6.07) is 13.6. The van der Waals surface area contributed by atoms with Crippen LogP contribution < -0.4 is 10.4 Å². The molecule has 2 heterocycles. The second-order valence-electron chi connectivity index (χ2n) is 6.99. The first-order valence-electron chi connectivity index (χ1n) is 9.25. The fourth-order valence-corrected chi connectivity index (χ4v) is 3.33. The highest BCUT2D eigenvalue weighted by Gasteiger charge is 2.14. The number of benzene rings is 2. The zero-order chi connectivity index (χ0) is 20.5. The second kappa shape index (κ2) is 7.38. The van der Waals surface area contributed by atoms with Crippen molar-refractivity contribution in [3.63, 3.8) is 0 Å². The molecule has 0 aliphatic heterocycles. The molecule has 148 valence electrons. The zero-order valence-electron chi connectivity index (χ0n) is 16.8. The molecule has 0 aliphatic rings. The molecule has 4 rings (SSSR count). The third kappa shape index (κ3) is 3.56. The number of nitrogens with zero attached hydrogens (tertiary/aromatic N) is 6. The average Bonchev–Trinajstić information content (AvgIpc) is 3.22. The van der Waals surface area contributed by atoms with Gasteiger partial charge in [-0.15, -0.1) is 0 Å². The molecule has 29 heavy (non-hydrogen) atoms. The predicted octanol–water partition coefficient (Wildman–Crippen LogP) is 2.56. The maximum Gasteiger partial charge on any atom is 0.368 e. The van der Waals surface area contributed by atoms with Gasteiger partial charge in [0.1, 0.15) is 12.4 Å². The number of tetrazole rings is 1. The SMILES string of the molecule is Cc1cccc(-n2nnn(C)c2=O)c1COc1cccc(-c2cn(C)nc2C)c1. The van der Waals surface area contributed by atoms with Gasteiger partial charge in [0.05, 0.1) is 11.4 Å². The van der Waals surface area contributed by atoms with Crippen LogP contribution in [0.4, 0.5) is 0 Å². The quantitative estimate of drug-likeness (QED) is 0.523. The van der Waals surface area contributed by atoms with Crippen molar-refractivity contribution in [1.82, 2.24) is 29.6 Å². The number of hydrogen-bond donors (Lipinski definition) is 0. The van der Waals surface area contributed by atoms with Crippen LogP contribution in [0.1, 0.15) is 16.8 Å². The Labute approximate surface area is 168 Å². The van der Waals surface area contributed by atoms with E-state index in [9.17, 15) is 4.79 Å². The van der Waals surface area contributed by atoms with Crippen LogP contribution in [0, 0.1) is 13.8 Å². The van der Waals surface area contributed by atoms with Gasteiger partial charge in [0, 0.05) is 31.4 Å². The van der Waals surface area contributed by atoms with E-state index in [-0.39, 0.29) is 5.69 Å². The molecule has 0 fully saturated rings. The van der Waals surface area contributed by atoms with Gasteiger partial charge in [0.15, 0.2) is 0 Å². The fraction of sp³-hybridized carbons (Fsp3) is 0.238. The third-order valence-electron chi connectivity index (χ3n) is 4.88. The van der Waals surface area contributed by atoms with Gasteiger partial charge in [-0.1, -0.05) is 24.3 Å². The Bertz CT molecular complexity index is 1230. The van der Waals surface area contributed by atoms with Gasteiger partial charge in [-0.2, -0.15) is 14.5 Å². The monoisotopic (exact) mass is 390 g/mol. The summed E-state index contributed by atoms with van der Waals surface area (Å²) in [4.78, 5) is 12.3. The summed E-state index contributed by atoms with van der Waals surface area (Å²) < 4.78 is 10.4. The lowest BCUT2D eigenvalue weighted by molar-refractivity contribution is 0.305. The standard InChI is InChI=1S/C21H22N6O2/c1-14-7-5-10-20(27-21(28)26(4)23-24-27)19(14)13-29-17-9-6-8-16(11-17)18-12-25(3)22-15(18)2/h5-12H,13H2,1-4H3. The van der Waals surface area contributed by atoms with E-state index in [2.05, 4.69) is 15.5 Å². The lowest BCUT2D eigenvalue weighted by Gasteiger charge is -2.13. The minimum Gasteiger partial charge on any atom is -0.489 e. The number of aromatic nitrogens is 6. The number of hydrogen-bond acceptors (Lipinski definition) is 5. The molecule has 0 atom stereocenters. The molecule has 0 saturated heterocycles. The average molecular weight is 390 g/mol. The maximum atomic E-state index is 12.3. The van der Waals surface area contributed by atoms with Gasteiger partial charge >= 0.3 is 5.69 Å². The van der Waals surface area contributed by atoms with Gasteiger partial charge in [-0.3, -0.25) is 4.68 Å². The summed E-state index contributed by atoms with van der Waals surface area (Å²) in [5, 5.41) is 12.2. The zero-order valence-corrected chi connectivity index (χ0v) is 16.8. The summed E-state index contributed by atoms with van der Waals surface area (Å²) in [5.74, 6) is 0.742. The lowest BCUT2D eigenvalue weighted by atomic mass is 10.1. The molecule has 8 nitrogen and oxygen atoms in total. The van der Waals surface area contributed by atoms with E-state index in [4.69, 9.17) is 4.74 Å². The Hall–Kier alpha value is -3.68. The van der Waals surface area contributed by atoms with Crippen molar-refractivity contribution in [3.05, 3.63) is 76.0 Å². The summed E-state index contributed by atoms with van der Waals surface area (Å²) in [6.45, 7) is 4.28. The van der Waals surface area contributed by atoms with Crippen LogP contribution in [0.25, 0.3) is 16.8 Å². The van der Waals surface area contributed by atoms with Crippen molar-refractivity contribution in [3.8, 4) is 22.6 Å². The smallest absolute Gasteiger partial charge is 0.368 e. The maximum absolute atomic E-state index is 12.3. The lowest BCUT2D eigenvalue weighted by Crippen LogP contribution is -2.23. The van der Waals surface area contributed by atoms with E-state index in [1.807, 2.05) is 69.6 Å². The largest absolute Gasteiger partial charge is 0.489 e. The van der Waals surface area contributed by atoms with E-state index < -0.39 is 0 Å². The van der Waals surface area contributed by atoms with E-state index in [1.54, 1.807) is 11.7 Å². The van der Waals surface area contributed by atoms with Gasteiger partial charge < -0.3 is 4.74 Å². The van der Waals surface area contributed by atoms with Crippen LogP contribution >= 0.6 is 0 Å². The van der Waals surface area contributed by atoms with Crippen molar-refractivity contribution >= 4 is 0 Å². The van der Waals surface area contributed by atoms with Crippen molar-refractivity contribution in [2.24, 2.45) is 14.1 Å². The summed E-state index contributed by atoms with van der Waals surface area (Å²) >= 11 is 0. The van der Waals surface area contributed by atoms with Crippen LogP contribution in [0.15, 0.2) is 53.5 Å². The highest BCUT2D eigenvalue weighted by molar-refractivity contribution is 5.66. The molecule has 2 aromatic carbocycles. The molecule has 0 saturated carbocycles. The Kier molecular flexibility index (Phi) is 4.75. The number of ether oxygens (including phenoxy) is 1. The highest BCUT2D eigenvalue weighted by Crippen LogP contribution is 2.27. The molecular weight excluding hydrogens is 368 g/mol. The molecule has 0 N–H and O–H groups in total. The summed E-state index contributed by atoms with van der Waals surface area (Å²) in [5.41, 5.74) is 5.35. The first-order valence-corrected chi connectivity index (χ1v) is 9.25. The molecule has 0 bridgehead atoms. The van der Waals surface area contributed by atoms with Gasteiger partial charge in [-0.05, 0) is 53.6 Å². The topological polar surface area (TPSA) is 79.8 Å². The molecule has 0 spiro atoms. The van der Waals surface area contributed by atoms with Crippen molar-refractivity contribution in [2.45, 2.75) is 20.5 Å². The van der Waals surface area contributed by atoms with Gasteiger partial charge in [-0.25, -0.2) is 4.79 Å². The molecule has 0 radical (unpaired) electrons. The van der Waals surface area contributed by atoms with Crippen LogP contribution in [-0.2, 0) is 20.7 Å². The molecule has 0 aliphatic carbocycles.